The van der Waals surface area contributed by atoms with E-state index in [1.807, 2.05) is 30.5 Å². The molecule has 0 aliphatic carbocycles. The summed E-state index contributed by atoms with van der Waals surface area (Å²) in [5.41, 5.74) is 4.70. The summed E-state index contributed by atoms with van der Waals surface area (Å²) in [4.78, 5) is 12.4. The summed E-state index contributed by atoms with van der Waals surface area (Å²) in [5.74, 6) is 1.19. The Bertz CT molecular complexity index is 975. The van der Waals surface area contributed by atoms with E-state index >= 15 is 0 Å². The van der Waals surface area contributed by atoms with E-state index in [9.17, 15) is 4.79 Å². The summed E-state index contributed by atoms with van der Waals surface area (Å²) in [6.45, 7) is 0.586. The molecule has 1 N–H and O–H groups in total. The van der Waals surface area contributed by atoms with E-state index in [0.29, 0.717) is 34.9 Å². The van der Waals surface area contributed by atoms with Gasteiger partial charge in [0.15, 0.2) is 11.5 Å². The van der Waals surface area contributed by atoms with E-state index in [0.717, 1.165) is 5.56 Å². The molecule has 3 rings (SSSR count). The maximum Gasteiger partial charge on any atom is 0.271 e. The van der Waals surface area contributed by atoms with Gasteiger partial charge in [-0.15, -0.1) is 0 Å². The van der Waals surface area contributed by atoms with Crippen LogP contribution in [0.2, 0.25) is 0 Å². The van der Waals surface area contributed by atoms with Crippen LogP contribution < -0.4 is 19.6 Å². The number of nitrogens with zero attached hydrogens (tertiary/aromatic N) is 3. The zero-order chi connectivity index (χ0) is 20.6. The van der Waals surface area contributed by atoms with Crippen LogP contribution in [0.15, 0.2) is 60.0 Å². The van der Waals surface area contributed by atoms with Crippen LogP contribution in [0.1, 0.15) is 21.5 Å². The molecule has 1 heterocycles. The van der Waals surface area contributed by atoms with Crippen LogP contribution in [0.4, 0.5) is 0 Å². The minimum Gasteiger partial charge on any atom is -0.493 e. The number of carbonyl (C=O) groups excluding carboxylic acids is 1. The van der Waals surface area contributed by atoms with Gasteiger partial charge in [0.1, 0.15) is 0 Å². The molecule has 0 radical (unpaired) electrons. The molecule has 0 bridgehead atoms. The molecule has 1 aromatic heterocycles. The Kier molecular flexibility index (Phi) is 6.47. The van der Waals surface area contributed by atoms with Gasteiger partial charge < -0.3 is 14.2 Å². The fourth-order valence-electron chi connectivity index (χ4n) is 2.80. The predicted octanol–water partition coefficient (Wildman–Crippen LogP) is 2.72. The highest BCUT2D eigenvalue weighted by Gasteiger charge is 2.12. The van der Waals surface area contributed by atoms with Gasteiger partial charge in [-0.05, 0) is 35.9 Å². The third-order valence-electron chi connectivity index (χ3n) is 4.16. The third-order valence-corrected chi connectivity index (χ3v) is 4.16. The molecule has 0 saturated carbocycles. The number of aromatic nitrogens is 2. The smallest absolute Gasteiger partial charge is 0.271 e. The van der Waals surface area contributed by atoms with E-state index < -0.39 is 0 Å². The van der Waals surface area contributed by atoms with Gasteiger partial charge in [0.05, 0.1) is 34.1 Å². The Balaban J connectivity index is 1.70. The standard InChI is InChI=1S/C21H22N4O4/c1-27-18-11-16(12-19(28-2)20(18)29-3)13-22-24-21(26)17-7-4-6-15(10-17)14-25-9-5-8-23-25/h4-13H,14H2,1-3H3,(H,24,26)/b22-13-. The largest absolute Gasteiger partial charge is 0.493 e. The minimum absolute atomic E-state index is 0.309. The normalized spacial score (nSPS) is 10.7. The predicted molar refractivity (Wildman–Crippen MR) is 109 cm³/mol. The second-order valence-electron chi connectivity index (χ2n) is 6.06. The Labute approximate surface area is 168 Å². The molecule has 150 valence electrons. The molecule has 8 heteroatoms. The quantitative estimate of drug-likeness (QED) is 0.469. The van der Waals surface area contributed by atoms with Crippen molar-refractivity contribution in [3.05, 3.63) is 71.5 Å². The molecular formula is C21H22N4O4. The van der Waals surface area contributed by atoms with E-state index in [1.165, 1.54) is 27.5 Å². The number of amides is 1. The maximum atomic E-state index is 12.4. The van der Waals surface area contributed by atoms with Crippen LogP contribution in [0, 0.1) is 0 Å². The van der Waals surface area contributed by atoms with Gasteiger partial charge in [0.25, 0.3) is 5.91 Å². The van der Waals surface area contributed by atoms with E-state index in [1.54, 1.807) is 29.1 Å². The summed E-state index contributed by atoms with van der Waals surface area (Å²) in [6, 6.07) is 12.6. The van der Waals surface area contributed by atoms with Gasteiger partial charge in [-0.1, -0.05) is 12.1 Å². The van der Waals surface area contributed by atoms with Crippen LogP contribution in [-0.2, 0) is 6.54 Å². The van der Waals surface area contributed by atoms with Gasteiger partial charge in [-0.25, -0.2) is 5.43 Å². The lowest BCUT2D eigenvalue weighted by molar-refractivity contribution is 0.0955. The number of hydrogen-bond acceptors (Lipinski definition) is 6. The van der Waals surface area contributed by atoms with Crippen molar-refractivity contribution in [1.29, 1.82) is 0 Å². The van der Waals surface area contributed by atoms with Gasteiger partial charge in [0.2, 0.25) is 5.75 Å². The number of carbonyl (C=O) groups is 1. The van der Waals surface area contributed by atoms with Crippen LogP contribution in [0.25, 0.3) is 0 Å². The van der Waals surface area contributed by atoms with Crippen LogP contribution in [0.5, 0.6) is 17.2 Å². The first-order valence-electron chi connectivity index (χ1n) is 8.84. The number of nitrogens with one attached hydrogen (secondary N) is 1. The van der Waals surface area contributed by atoms with Crippen LogP contribution in [0.3, 0.4) is 0 Å². The molecular weight excluding hydrogens is 372 g/mol. The number of rotatable bonds is 8. The molecule has 0 spiro atoms. The van der Waals surface area contributed by atoms with Gasteiger partial charge in [0, 0.05) is 23.5 Å². The lowest BCUT2D eigenvalue weighted by atomic mass is 10.1. The Hall–Kier alpha value is -3.81. The van der Waals surface area contributed by atoms with Gasteiger partial charge in [-0.3, -0.25) is 9.48 Å². The molecule has 8 nitrogen and oxygen atoms in total. The number of benzene rings is 2. The van der Waals surface area contributed by atoms with E-state index in [2.05, 4.69) is 15.6 Å². The Morgan fingerprint density at radius 2 is 1.86 bits per heavy atom. The van der Waals surface area contributed by atoms with Gasteiger partial charge >= 0.3 is 0 Å². The SMILES string of the molecule is COc1cc(/C=N\NC(=O)c2cccc(Cn3cccn3)c2)cc(OC)c1OC. The number of methoxy groups -OCH3 is 3. The second-order valence-corrected chi connectivity index (χ2v) is 6.06. The fraction of sp³-hybridized carbons (Fsp3) is 0.190. The molecule has 0 aliphatic heterocycles. The summed E-state index contributed by atoms with van der Waals surface area (Å²) in [5, 5.41) is 8.21. The van der Waals surface area contributed by atoms with Crippen LogP contribution >= 0.6 is 0 Å². The average Bonchev–Trinajstić information content (AvgIpc) is 3.26. The number of hydrogen-bond donors (Lipinski definition) is 1. The molecule has 29 heavy (non-hydrogen) atoms. The van der Waals surface area contributed by atoms with Gasteiger partial charge in [-0.2, -0.15) is 10.2 Å². The highest BCUT2D eigenvalue weighted by Crippen LogP contribution is 2.37. The monoisotopic (exact) mass is 394 g/mol. The highest BCUT2D eigenvalue weighted by atomic mass is 16.5. The highest BCUT2D eigenvalue weighted by molar-refractivity contribution is 5.95. The van der Waals surface area contributed by atoms with Crippen molar-refractivity contribution in [3.63, 3.8) is 0 Å². The van der Waals surface area contributed by atoms with Crippen molar-refractivity contribution in [3.8, 4) is 17.2 Å². The molecule has 3 aromatic rings. The van der Waals surface area contributed by atoms with E-state index in [4.69, 9.17) is 14.2 Å². The molecule has 1 amide bonds. The first-order chi connectivity index (χ1) is 14.1. The van der Waals surface area contributed by atoms with Crippen molar-refractivity contribution < 1.29 is 19.0 Å². The van der Waals surface area contributed by atoms with Crippen molar-refractivity contribution in [2.45, 2.75) is 6.54 Å². The van der Waals surface area contributed by atoms with Crippen molar-refractivity contribution in [1.82, 2.24) is 15.2 Å². The Morgan fingerprint density at radius 1 is 1.10 bits per heavy atom. The van der Waals surface area contributed by atoms with E-state index in [-0.39, 0.29) is 5.91 Å². The lowest BCUT2D eigenvalue weighted by Gasteiger charge is -2.12. The summed E-state index contributed by atoms with van der Waals surface area (Å²) in [7, 11) is 4.61. The molecule has 0 saturated heterocycles. The molecule has 0 unspecified atom stereocenters. The number of hydrazone groups is 1. The van der Waals surface area contributed by atoms with Crippen molar-refractivity contribution >= 4 is 12.1 Å². The molecule has 2 aromatic carbocycles. The second kappa shape index (κ2) is 9.41. The Morgan fingerprint density at radius 3 is 2.48 bits per heavy atom. The zero-order valence-corrected chi connectivity index (χ0v) is 16.5. The summed E-state index contributed by atoms with van der Waals surface area (Å²) in [6.07, 6.45) is 5.10. The molecule has 0 fully saturated rings. The zero-order valence-electron chi connectivity index (χ0n) is 16.5. The summed E-state index contributed by atoms with van der Waals surface area (Å²) < 4.78 is 17.7. The first-order valence-corrected chi connectivity index (χ1v) is 8.84. The molecule has 0 atom stereocenters. The van der Waals surface area contributed by atoms with Crippen LogP contribution in [-0.4, -0.2) is 43.2 Å². The van der Waals surface area contributed by atoms with Crippen molar-refractivity contribution in [2.75, 3.05) is 21.3 Å². The maximum absolute atomic E-state index is 12.4. The first kappa shape index (κ1) is 19.9. The third kappa shape index (κ3) is 4.92. The average molecular weight is 394 g/mol. The fourth-order valence-corrected chi connectivity index (χ4v) is 2.80. The number of ether oxygens (including phenoxy) is 3. The summed E-state index contributed by atoms with van der Waals surface area (Å²) >= 11 is 0. The molecule has 0 aliphatic rings. The topological polar surface area (TPSA) is 87.0 Å². The van der Waals surface area contributed by atoms with Crippen molar-refractivity contribution in [2.24, 2.45) is 5.10 Å². The minimum atomic E-state index is -0.309. The lowest BCUT2D eigenvalue weighted by Crippen LogP contribution is -2.18.